The fourth-order valence-electron chi connectivity index (χ4n) is 2.61. The molecule has 1 unspecified atom stereocenters. The molecule has 21 heavy (non-hydrogen) atoms. The van der Waals surface area contributed by atoms with E-state index in [-0.39, 0.29) is 17.8 Å². The first kappa shape index (κ1) is 17.9. The summed E-state index contributed by atoms with van der Waals surface area (Å²) in [5.74, 6) is -0.000861. The molecule has 1 saturated heterocycles. The molecule has 6 heteroatoms. The quantitative estimate of drug-likeness (QED) is 0.659. The highest BCUT2D eigenvalue weighted by Gasteiger charge is 2.27. The molecule has 2 N–H and O–H groups in total. The zero-order valence-electron chi connectivity index (χ0n) is 13.3. The van der Waals surface area contributed by atoms with Crippen LogP contribution in [-0.2, 0) is 14.3 Å². The molecule has 1 aliphatic heterocycles. The van der Waals surface area contributed by atoms with Crippen LogP contribution in [0.4, 0.5) is 0 Å². The first-order chi connectivity index (χ1) is 10.1. The van der Waals surface area contributed by atoms with E-state index in [0.29, 0.717) is 39.2 Å². The predicted molar refractivity (Wildman–Crippen MR) is 81.7 cm³/mol. The Balaban J connectivity index is 2.31. The minimum absolute atomic E-state index is 0.0382. The molecule has 1 atom stereocenters. The Bertz CT molecular complexity index is 336. The van der Waals surface area contributed by atoms with Crippen LogP contribution in [0.25, 0.3) is 0 Å². The van der Waals surface area contributed by atoms with Crippen LogP contribution in [0.5, 0.6) is 0 Å². The second-order valence-electron chi connectivity index (χ2n) is 5.60. The Morgan fingerprint density at radius 2 is 2.19 bits per heavy atom. The summed E-state index contributed by atoms with van der Waals surface area (Å²) < 4.78 is 5.09. The smallest absolute Gasteiger partial charge is 0.310 e. The Kier molecular flexibility index (Phi) is 8.30. The van der Waals surface area contributed by atoms with Gasteiger partial charge in [0.05, 0.1) is 12.5 Å². The van der Waals surface area contributed by atoms with E-state index in [4.69, 9.17) is 10.5 Å². The lowest BCUT2D eigenvalue weighted by Crippen LogP contribution is -2.41. The van der Waals surface area contributed by atoms with Crippen LogP contribution in [0.1, 0.15) is 32.6 Å². The summed E-state index contributed by atoms with van der Waals surface area (Å²) in [6.07, 6.45) is 3.20. The maximum absolute atomic E-state index is 12.0. The van der Waals surface area contributed by atoms with Gasteiger partial charge in [0.2, 0.25) is 5.91 Å². The van der Waals surface area contributed by atoms with Gasteiger partial charge in [-0.3, -0.25) is 9.59 Å². The van der Waals surface area contributed by atoms with E-state index < -0.39 is 0 Å². The first-order valence-electron chi connectivity index (χ1n) is 7.91. The number of hydrogen-bond acceptors (Lipinski definition) is 5. The Hall–Kier alpha value is -1.14. The molecule has 1 fully saturated rings. The lowest BCUT2D eigenvalue weighted by Gasteiger charge is -2.31. The number of esters is 1. The van der Waals surface area contributed by atoms with E-state index in [2.05, 4.69) is 4.90 Å². The molecule has 6 nitrogen and oxygen atoms in total. The molecule has 1 rings (SSSR count). The van der Waals surface area contributed by atoms with Crippen LogP contribution in [0.15, 0.2) is 0 Å². The van der Waals surface area contributed by atoms with Crippen molar-refractivity contribution in [2.24, 2.45) is 11.7 Å². The number of likely N-dealkylation sites (tertiary alicyclic amines) is 1. The van der Waals surface area contributed by atoms with Gasteiger partial charge in [-0.05, 0) is 39.3 Å². The van der Waals surface area contributed by atoms with E-state index in [1.54, 1.807) is 4.90 Å². The van der Waals surface area contributed by atoms with Crippen molar-refractivity contribution in [1.82, 2.24) is 9.80 Å². The van der Waals surface area contributed by atoms with E-state index in [0.717, 1.165) is 25.8 Å². The van der Waals surface area contributed by atoms with Crippen molar-refractivity contribution in [2.45, 2.75) is 32.6 Å². The molecule has 1 amide bonds. The molecule has 122 valence electrons. The maximum atomic E-state index is 12.0. The van der Waals surface area contributed by atoms with Crippen LogP contribution >= 0.6 is 0 Å². The number of rotatable bonds is 8. The minimum Gasteiger partial charge on any atom is -0.466 e. The summed E-state index contributed by atoms with van der Waals surface area (Å²) in [7, 11) is 1.82. The van der Waals surface area contributed by atoms with E-state index in [1.165, 1.54) is 0 Å². The van der Waals surface area contributed by atoms with Crippen molar-refractivity contribution in [3.8, 4) is 0 Å². The van der Waals surface area contributed by atoms with Gasteiger partial charge in [0, 0.05) is 33.1 Å². The van der Waals surface area contributed by atoms with Gasteiger partial charge in [-0.2, -0.15) is 0 Å². The van der Waals surface area contributed by atoms with Gasteiger partial charge in [0.25, 0.3) is 0 Å². The van der Waals surface area contributed by atoms with E-state index in [1.807, 2.05) is 14.0 Å². The molecule has 0 aromatic rings. The van der Waals surface area contributed by atoms with Crippen LogP contribution in [0.2, 0.25) is 0 Å². The summed E-state index contributed by atoms with van der Waals surface area (Å²) in [6, 6.07) is 0. The molecule has 0 radical (unpaired) electrons. The van der Waals surface area contributed by atoms with E-state index >= 15 is 0 Å². The van der Waals surface area contributed by atoms with Crippen molar-refractivity contribution < 1.29 is 14.3 Å². The van der Waals surface area contributed by atoms with Crippen molar-refractivity contribution >= 4 is 11.9 Å². The normalized spacial score (nSPS) is 19.3. The van der Waals surface area contributed by atoms with Crippen molar-refractivity contribution in [1.29, 1.82) is 0 Å². The number of hydrogen-bond donors (Lipinski definition) is 1. The molecular formula is C15H29N3O3. The molecular weight excluding hydrogens is 270 g/mol. The molecule has 0 aromatic carbocycles. The van der Waals surface area contributed by atoms with Crippen molar-refractivity contribution in [3.63, 3.8) is 0 Å². The zero-order chi connectivity index (χ0) is 15.7. The van der Waals surface area contributed by atoms with Crippen LogP contribution in [-0.4, -0.2) is 68.1 Å². The fourth-order valence-corrected chi connectivity index (χ4v) is 2.61. The third-order valence-electron chi connectivity index (χ3n) is 3.89. The van der Waals surface area contributed by atoms with Gasteiger partial charge in [-0.25, -0.2) is 0 Å². The summed E-state index contributed by atoms with van der Waals surface area (Å²) >= 11 is 0. The summed E-state index contributed by atoms with van der Waals surface area (Å²) in [5, 5.41) is 0. The Labute approximate surface area is 127 Å². The lowest BCUT2D eigenvalue weighted by atomic mass is 9.98. The van der Waals surface area contributed by atoms with Gasteiger partial charge >= 0.3 is 5.97 Å². The molecule has 0 spiro atoms. The average Bonchev–Trinajstić information content (AvgIpc) is 2.50. The molecule has 0 aliphatic carbocycles. The predicted octanol–water partition coefficient (Wildman–Crippen LogP) is 0.459. The highest BCUT2D eigenvalue weighted by Crippen LogP contribution is 2.18. The third-order valence-corrected chi connectivity index (χ3v) is 3.89. The fraction of sp³-hybridized carbons (Fsp3) is 0.867. The largest absolute Gasteiger partial charge is 0.466 e. The second kappa shape index (κ2) is 9.73. The van der Waals surface area contributed by atoms with Gasteiger partial charge in [0.1, 0.15) is 0 Å². The number of nitrogens with zero attached hydrogens (tertiary/aromatic N) is 2. The summed E-state index contributed by atoms with van der Waals surface area (Å²) in [5.41, 5.74) is 5.45. The van der Waals surface area contributed by atoms with Gasteiger partial charge in [-0.1, -0.05) is 0 Å². The number of carbonyl (C=O) groups is 2. The maximum Gasteiger partial charge on any atom is 0.310 e. The highest BCUT2D eigenvalue weighted by atomic mass is 16.5. The molecule has 1 heterocycles. The van der Waals surface area contributed by atoms with Gasteiger partial charge in [-0.15, -0.1) is 0 Å². The topological polar surface area (TPSA) is 75.9 Å². The van der Waals surface area contributed by atoms with Crippen LogP contribution in [0, 0.1) is 5.92 Å². The van der Waals surface area contributed by atoms with Gasteiger partial charge in [0.15, 0.2) is 0 Å². The number of ether oxygens (including phenoxy) is 1. The number of piperidine rings is 1. The Morgan fingerprint density at radius 3 is 2.86 bits per heavy atom. The molecule has 1 aliphatic rings. The summed E-state index contributed by atoms with van der Waals surface area (Å²) in [6.45, 7) is 5.94. The Morgan fingerprint density at radius 1 is 1.43 bits per heavy atom. The second-order valence-corrected chi connectivity index (χ2v) is 5.60. The monoisotopic (exact) mass is 299 g/mol. The summed E-state index contributed by atoms with van der Waals surface area (Å²) in [4.78, 5) is 27.7. The van der Waals surface area contributed by atoms with Gasteiger partial charge < -0.3 is 20.3 Å². The minimum atomic E-state index is -0.103. The SMILES string of the molecule is CCOC(=O)C1CCCN(CCC(=O)N(C)CCCN)C1. The molecule has 0 saturated carbocycles. The zero-order valence-corrected chi connectivity index (χ0v) is 13.3. The lowest BCUT2D eigenvalue weighted by molar-refractivity contribution is -0.149. The number of nitrogens with two attached hydrogens (primary N) is 1. The first-order valence-corrected chi connectivity index (χ1v) is 7.91. The van der Waals surface area contributed by atoms with Crippen LogP contribution in [0.3, 0.4) is 0 Å². The van der Waals surface area contributed by atoms with Crippen molar-refractivity contribution in [2.75, 3.05) is 46.4 Å². The average molecular weight is 299 g/mol. The van der Waals surface area contributed by atoms with Crippen LogP contribution < -0.4 is 5.73 Å². The van der Waals surface area contributed by atoms with Crippen molar-refractivity contribution in [3.05, 3.63) is 0 Å². The molecule has 0 bridgehead atoms. The highest BCUT2D eigenvalue weighted by molar-refractivity contribution is 5.76. The molecule has 0 aromatic heterocycles. The number of amides is 1. The van der Waals surface area contributed by atoms with E-state index in [9.17, 15) is 9.59 Å². The standard InChI is InChI=1S/C15H29N3O3/c1-3-21-15(20)13-6-4-10-18(12-13)11-7-14(19)17(2)9-5-8-16/h13H,3-12,16H2,1-2H3. The third kappa shape index (κ3) is 6.44. The number of carbonyl (C=O) groups excluding carboxylic acids is 2.